The predicted molar refractivity (Wildman–Crippen MR) is 72.4 cm³/mol. The second-order valence-electron chi connectivity index (χ2n) is 4.24. The second kappa shape index (κ2) is 9.03. The van der Waals surface area contributed by atoms with Crippen molar-refractivity contribution in [3.63, 3.8) is 0 Å². The van der Waals surface area contributed by atoms with Crippen molar-refractivity contribution < 1.29 is 18.7 Å². The summed E-state index contributed by atoms with van der Waals surface area (Å²) in [5, 5.41) is 5.11. The minimum Gasteiger partial charge on any atom is -0.385 e. The lowest BCUT2D eigenvalue weighted by Crippen LogP contribution is -2.32. The first-order valence-electron chi connectivity index (χ1n) is 6.39. The number of carbonyl (C=O) groups excluding carboxylic acids is 2. The summed E-state index contributed by atoms with van der Waals surface area (Å²) in [6.45, 7) is 1.09. The molecule has 1 aromatic rings. The maximum Gasteiger partial charge on any atom is 0.229 e. The average molecular weight is 282 g/mol. The lowest BCUT2D eigenvalue weighted by Gasteiger charge is -2.07. The minimum absolute atomic E-state index is 0.0719. The molecule has 1 aromatic carbocycles. The van der Waals surface area contributed by atoms with Crippen molar-refractivity contribution in [1.29, 1.82) is 0 Å². The summed E-state index contributed by atoms with van der Waals surface area (Å²) >= 11 is 0. The van der Waals surface area contributed by atoms with Crippen LogP contribution in [0.2, 0.25) is 0 Å². The highest BCUT2D eigenvalue weighted by atomic mass is 19.1. The monoisotopic (exact) mass is 282 g/mol. The van der Waals surface area contributed by atoms with Gasteiger partial charge in [0.2, 0.25) is 11.8 Å². The molecule has 0 spiro atoms. The summed E-state index contributed by atoms with van der Waals surface area (Å²) in [7, 11) is 1.58. The molecule has 0 atom stereocenters. The Bertz CT molecular complexity index is 452. The zero-order valence-electron chi connectivity index (χ0n) is 11.4. The van der Waals surface area contributed by atoms with Gasteiger partial charge in [0.15, 0.2) is 0 Å². The number of halogens is 1. The van der Waals surface area contributed by atoms with E-state index in [0.717, 1.165) is 0 Å². The van der Waals surface area contributed by atoms with E-state index < -0.39 is 5.91 Å². The highest BCUT2D eigenvalue weighted by Gasteiger charge is 2.09. The van der Waals surface area contributed by atoms with E-state index in [1.54, 1.807) is 25.3 Å². The summed E-state index contributed by atoms with van der Waals surface area (Å²) in [6.07, 6.45) is 0.431. The molecule has 0 aliphatic rings. The summed E-state index contributed by atoms with van der Waals surface area (Å²) in [5.74, 6) is -1.17. The van der Waals surface area contributed by atoms with Crippen molar-refractivity contribution in [2.24, 2.45) is 0 Å². The molecule has 0 aromatic heterocycles. The molecular weight excluding hydrogens is 263 g/mol. The van der Waals surface area contributed by atoms with Crippen LogP contribution in [0.1, 0.15) is 18.4 Å². The van der Waals surface area contributed by atoms with Crippen molar-refractivity contribution in [3.8, 4) is 0 Å². The Labute approximate surface area is 117 Å². The predicted octanol–water partition coefficient (Wildman–Crippen LogP) is 0.985. The van der Waals surface area contributed by atoms with E-state index in [-0.39, 0.29) is 24.7 Å². The first kappa shape index (κ1) is 16.1. The average Bonchev–Trinajstić information content (AvgIpc) is 2.43. The van der Waals surface area contributed by atoms with E-state index in [4.69, 9.17) is 4.74 Å². The maximum absolute atomic E-state index is 13.3. The molecule has 2 amide bonds. The third-order valence-electron chi connectivity index (χ3n) is 2.60. The molecule has 0 radical (unpaired) electrons. The normalized spacial score (nSPS) is 10.1. The minimum atomic E-state index is -0.433. The van der Waals surface area contributed by atoms with Gasteiger partial charge in [0.1, 0.15) is 12.2 Å². The molecule has 0 heterocycles. The van der Waals surface area contributed by atoms with Crippen LogP contribution in [0.4, 0.5) is 4.39 Å². The Kier molecular flexibility index (Phi) is 7.27. The van der Waals surface area contributed by atoms with Crippen molar-refractivity contribution in [2.75, 3.05) is 20.3 Å². The number of carbonyl (C=O) groups is 2. The van der Waals surface area contributed by atoms with E-state index >= 15 is 0 Å². The molecule has 20 heavy (non-hydrogen) atoms. The first-order valence-corrected chi connectivity index (χ1v) is 6.39. The second-order valence-corrected chi connectivity index (χ2v) is 4.24. The van der Waals surface area contributed by atoms with Gasteiger partial charge in [0.05, 0.1) is 0 Å². The van der Waals surface area contributed by atoms with Gasteiger partial charge in [0, 0.05) is 32.4 Å². The van der Waals surface area contributed by atoms with E-state index in [1.165, 1.54) is 6.07 Å². The highest BCUT2D eigenvalue weighted by molar-refractivity contribution is 5.96. The summed E-state index contributed by atoms with van der Waals surface area (Å²) in [6, 6.07) is 6.17. The molecular formula is C14H19FN2O3. The molecule has 2 N–H and O–H groups in total. The smallest absolute Gasteiger partial charge is 0.229 e. The van der Waals surface area contributed by atoms with Crippen LogP contribution in [0.15, 0.2) is 24.3 Å². The van der Waals surface area contributed by atoms with Crippen LogP contribution < -0.4 is 10.6 Å². The van der Waals surface area contributed by atoms with Gasteiger partial charge in [-0.05, 0) is 12.5 Å². The molecule has 0 fully saturated rings. The van der Waals surface area contributed by atoms with Crippen LogP contribution >= 0.6 is 0 Å². The van der Waals surface area contributed by atoms with Gasteiger partial charge in [-0.3, -0.25) is 9.59 Å². The lowest BCUT2D eigenvalue weighted by molar-refractivity contribution is -0.129. The number of amides is 2. The topological polar surface area (TPSA) is 67.4 Å². The Morgan fingerprint density at radius 3 is 2.60 bits per heavy atom. The van der Waals surface area contributed by atoms with Crippen LogP contribution in [0.5, 0.6) is 0 Å². The van der Waals surface area contributed by atoms with E-state index in [1.807, 2.05) is 0 Å². The van der Waals surface area contributed by atoms with Crippen LogP contribution in [-0.2, 0) is 20.9 Å². The first-order chi connectivity index (χ1) is 9.63. The SMILES string of the molecule is COCCCNC(=O)CC(=O)NCc1ccccc1F. The largest absolute Gasteiger partial charge is 0.385 e. The highest BCUT2D eigenvalue weighted by Crippen LogP contribution is 2.05. The molecule has 5 nitrogen and oxygen atoms in total. The third kappa shape index (κ3) is 6.29. The molecule has 6 heteroatoms. The number of benzene rings is 1. The fraction of sp³-hybridized carbons (Fsp3) is 0.429. The molecule has 0 bridgehead atoms. The number of nitrogens with one attached hydrogen (secondary N) is 2. The molecule has 0 aliphatic carbocycles. The number of rotatable bonds is 8. The van der Waals surface area contributed by atoms with Gasteiger partial charge < -0.3 is 15.4 Å². The molecule has 0 unspecified atom stereocenters. The zero-order valence-corrected chi connectivity index (χ0v) is 11.4. The summed E-state index contributed by atoms with van der Waals surface area (Å²) in [4.78, 5) is 22.9. The van der Waals surface area contributed by atoms with E-state index in [2.05, 4.69) is 10.6 Å². The van der Waals surface area contributed by atoms with Gasteiger partial charge in [-0.25, -0.2) is 4.39 Å². The van der Waals surface area contributed by atoms with E-state index in [9.17, 15) is 14.0 Å². The molecule has 1 rings (SSSR count). The molecule has 0 saturated carbocycles. The number of methoxy groups -OCH3 is 1. The van der Waals surface area contributed by atoms with Gasteiger partial charge >= 0.3 is 0 Å². The third-order valence-corrected chi connectivity index (χ3v) is 2.60. The van der Waals surface area contributed by atoms with Crippen molar-refractivity contribution >= 4 is 11.8 Å². The van der Waals surface area contributed by atoms with Crippen LogP contribution in [0, 0.1) is 5.82 Å². The van der Waals surface area contributed by atoms with Gasteiger partial charge in [-0.1, -0.05) is 18.2 Å². The Morgan fingerprint density at radius 1 is 1.20 bits per heavy atom. The number of ether oxygens (including phenoxy) is 1. The fourth-order valence-corrected chi connectivity index (χ4v) is 1.55. The van der Waals surface area contributed by atoms with Crippen LogP contribution in [0.25, 0.3) is 0 Å². The lowest BCUT2D eigenvalue weighted by atomic mass is 10.2. The standard InChI is InChI=1S/C14H19FN2O3/c1-20-8-4-7-16-13(18)9-14(19)17-10-11-5-2-3-6-12(11)15/h2-3,5-6H,4,7-10H2,1H3,(H,16,18)(H,17,19). The molecule has 110 valence electrons. The van der Waals surface area contributed by atoms with Crippen LogP contribution in [-0.4, -0.2) is 32.1 Å². The van der Waals surface area contributed by atoms with Crippen molar-refractivity contribution in [3.05, 3.63) is 35.6 Å². The van der Waals surface area contributed by atoms with E-state index in [0.29, 0.717) is 25.1 Å². The number of hydrogen-bond donors (Lipinski definition) is 2. The van der Waals surface area contributed by atoms with Gasteiger partial charge in [-0.15, -0.1) is 0 Å². The Hall–Kier alpha value is -1.95. The van der Waals surface area contributed by atoms with Crippen molar-refractivity contribution in [1.82, 2.24) is 10.6 Å². The number of hydrogen-bond acceptors (Lipinski definition) is 3. The molecule has 0 saturated heterocycles. The quantitative estimate of drug-likeness (QED) is 0.552. The zero-order chi connectivity index (χ0) is 14.8. The Morgan fingerprint density at radius 2 is 1.90 bits per heavy atom. The van der Waals surface area contributed by atoms with Crippen LogP contribution in [0.3, 0.4) is 0 Å². The van der Waals surface area contributed by atoms with Gasteiger partial charge in [-0.2, -0.15) is 0 Å². The molecule has 0 aliphatic heterocycles. The van der Waals surface area contributed by atoms with Gasteiger partial charge in [0.25, 0.3) is 0 Å². The summed E-state index contributed by atoms with van der Waals surface area (Å²) < 4.78 is 18.1. The Balaban J connectivity index is 2.23. The maximum atomic E-state index is 13.3. The summed E-state index contributed by atoms with van der Waals surface area (Å²) in [5.41, 5.74) is 0.390. The fourth-order valence-electron chi connectivity index (χ4n) is 1.55. The van der Waals surface area contributed by atoms with Crippen molar-refractivity contribution in [2.45, 2.75) is 19.4 Å².